The zero-order chi connectivity index (χ0) is 22.0. The molecule has 4 rings (SSSR count). The van der Waals surface area contributed by atoms with Gasteiger partial charge in [0, 0.05) is 12.6 Å². The first-order valence-corrected chi connectivity index (χ1v) is 12.7. The highest BCUT2D eigenvalue weighted by Gasteiger charge is 2.36. The minimum Gasteiger partial charge on any atom is -0.497 e. The minimum absolute atomic E-state index is 0.0152. The van der Waals surface area contributed by atoms with Crippen molar-refractivity contribution in [2.45, 2.75) is 25.9 Å². The van der Waals surface area contributed by atoms with Crippen LogP contribution in [0.2, 0.25) is 0 Å². The Hall–Kier alpha value is -2.71. The maximum absolute atomic E-state index is 13.7. The van der Waals surface area contributed by atoms with Crippen molar-refractivity contribution in [2.75, 3.05) is 18.6 Å². The van der Waals surface area contributed by atoms with Gasteiger partial charge in [-0.05, 0) is 36.6 Å². The molecule has 1 saturated heterocycles. The number of methoxy groups -OCH3 is 1. The van der Waals surface area contributed by atoms with Crippen LogP contribution in [-0.2, 0) is 16.4 Å². The molecule has 0 bridgehead atoms. The summed E-state index contributed by atoms with van der Waals surface area (Å²) < 4.78 is 29.5. The first-order chi connectivity index (χ1) is 14.9. The summed E-state index contributed by atoms with van der Waals surface area (Å²) in [7, 11) is -1.55. The van der Waals surface area contributed by atoms with Crippen LogP contribution in [0.4, 0.5) is 0 Å². The van der Waals surface area contributed by atoms with Crippen molar-refractivity contribution in [3.63, 3.8) is 0 Å². The van der Waals surface area contributed by atoms with Gasteiger partial charge in [-0.1, -0.05) is 42.5 Å². The molecule has 0 N–H and O–H groups in total. The molecule has 1 aliphatic rings. The number of sulfone groups is 1. The number of nitrogens with zero attached hydrogens (tertiary/aromatic N) is 2. The van der Waals surface area contributed by atoms with Gasteiger partial charge in [-0.15, -0.1) is 11.3 Å². The fraction of sp³-hybridized carbons (Fsp3) is 0.304. The van der Waals surface area contributed by atoms with Gasteiger partial charge >= 0.3 is 0 Å². The fourth-order valence-electron chi connectivity index (χ4n) is 3.81. The number of carbonyl (C=O) groups is 1. The van der Waals surface area contributed by atoms with Crippen molar-refractivity contribution in [2.24, 2.45) is 0 Å². The number of aromatic nitrogens is 1. The van der Waals surface area contributed by atoms with Crippen molar-refractivity contribution >= 4 is 27.1 Å². The van der Waals surface area contributed by atoms with Crippen molar-refractivity contribution in [1.29, 1.82) is 0 Å². The average molecular weight is 457 g/mol. The SMILES string of the molecule is COc1ccc(CN(C(=O)c2nc(C)sc2-c2ccccc2)C2CCS(=O)(=O)C2)cc1. The Bertz CT molecular complexity index is 1170. The standard InChI is InChI=1S/C23H24N2O4S2/c1-16-24-21(22(30-16)18-6-4-3-5-7-18)23(26)25(19-12-13-31(27,28)15-19)14-17-8-10-20(29-2)11-9-17/h3-11,19H,12-15H2,1-2H3. The molecule has 162 valence electrons. The predicted octanol–water partition coefficient (Wildman–Crippen LogP) is 3.96. The summed E-state index contributed by atoms with van der Waals surface area (Å²) in [4.78, 5) is 20.8. The molecule has 0 saturated carbocycles. The van der Waals surface area contributed by atoms with Crippen LogP contribution in [0.15, 0.2) is 54.6 Å². The van der Waals surface area contributed by atoms with Gasteiger partial charge in [0.1, 0.15) is 11.4 Å². The number of amides is 1. The molecule has 1 fully saturated rings. The zero-order valence-corrected chi connectivity index (χ0v) is 19.1. The van der Waals surface area contributed by atoms with Gasteiger partial charge < -0.3 is 9.64 Å². The van der Waals surface area contributed by atoms with E-state index < -0.39 is 9.84 Å². The largest absolute Gasteiger partial charge is 0.497 e. The molecule has 1 aromatic heterocycles. The molecule has 1 unspecified atom stereocenters. The third-order valence-corrected chi connectivity index (χ3v) is 8.16. The Morgan fingerprint density at radius 2 is 1.87 bits per heavy atom. The summed E-state index contributed by atoms with van der Waals surface area (Å²) in [6.45, 7) is 2.19. The summed E-state index contributed by atoms with van der Waals surface area (Å²) in [6.07, 6.45) is 0.439. The molecule has 0 aliphatic carbocycles. The molecule has 2 aromatic carbocycles. The Morgan fingerprint density at radius 1 is 1.16 bits per heavy atom. The van der Waals surface area contributed by atoms with E-state index in [0.717, 1.165) is 26.8 Å². The molecule has 8 heteroatoms. The molecular formula is C23H24N2O4S2. The lowest BCUT2D eigenvalue weighted by Gasteiger charge is -2.28. The van der Waals surface area contributed by atoms with Crippen LogP contribution in [-0.4, -0.2) is 48.9 Å². The van der Waals surface area contributed by atoms with Gasteiger partial charge in [-0.25, -0.2) is 13.4 Å². The quantitative estimate of drug-likeness (QED) is 0.561. The molecule has 31 heavy (non-hydrogen) atoms. The molecule has 1 aliphatic heterocycles. The maximum Gasteiger partial charge on any atom is 0.274 e. The smallest absolute Gasteiger partial charge is 0.274 e. The van der Waals surface area contributed by atoms with Crippen LogP contribution in [0.1, 0.15) is 27.5 Å². The molecule has 0 radical (unpaired) electrons. The minimum atomic E-state index is -3.15. The number of ether oxygens (including phenoxy) is 1. The summed E-state index contributed by atoms with van der Waals surface area (Å²) in [6, 6.07) is 16.8. The van der Waals surface area contributed by atoms with Crippen LogP contribution >= 0.6 is 11.3 Å². The van der Waals surface area contributed by atoms with Gasteiger partial charge in [0.05, 0.1) is 28.5 Å². The topological polar surface area (TPSA) is 76.6 Å². The van der Waals surface area contributed by atoms with E-state index in [9.17, 15) is 13.2 Å². The van der Waals surface area contributed by atoms with Crippen molar-refractivity contribution in [1.82, 2.24) is 9.88 Å². The van der Waals surface area contributed by atoms with Crippen molar-refractivity contribution < 1.29 is 17.9 Å². The van der Waals surface area contributed by atoms with E-state index in [1.165, 1.54) is 11.3 Å². The number of hydrogen-bond donors (Lipinski definition) is 0. The molecule has 2 heterocycles. The molecule has 0 spiro atoms. The highest BCUT2D eigenvalue weighted by molar-refractivity contribution is 7.91. The van der Waals surface area contributed by atoms with E-state index in [4.69, 9.17) is 4.74 Å². The number of hydrogen-bond acceptors (Lipinski definition) is 6. The Morgan fingerprint density at radius 3 is 2.48 bits per heavy atom. The lowest BCUT2D eigenvalue weighted by molar-refractivity contribution is 0.0676. The van der Waals surface area contributed by atoms with Gasteiger partial charge in [0.2, 0.25) is 0 Å². The third-order valence-electron chi connectivity index (χ3n) is 5.39. The maximum atomic E-state index is 13.7. The Kier molecular flexibility index (Phi) is 6.11. The van der Waals surface area contributed by atoms with E-state index in [1.54, 1.807) is 12.0 Å². The molecule has 3 aromatic rings. The lowest BCUT2D eigenvalue weighted by atomic mass is 10.1. The number of carbonyl (C=O) groups excluding carboxylic acids is 1. The van der Waals surface area contributed by atoms with Crippen LogP contribution in [0, 0.1) is 6.92 Å². The second-order valence-electron chi connectivity index (χ2n) is 7.61. The van der Waals surface area contributed by atoms with Crippen molar-refractivity contribution in [3.05, 3.63) is 70.9 Å². The summed E-state index contributed by atoms with van der Waals surface area (Å²) in [5.41, 5.74) is 2.22. The highest BCUT2D eigenvalue weighted by Crippen LogP contribution is 2.32. The van der Waals surface area contributed by atoms with Crippen LogP contribution < -0.4 is 4.74 Å². The zero-order valence-electron chi connectivity index (χ0n) is 17.4. The fourth-order valence-corrected chi connectivity index (χ4v) is 6.46. The van der Waals surface area contributed by atoms with Crippen LogP contribution in [0.3, 0.4) is 0 Å². The summed E-state index contributed by atoms with van der Waals surface area (Å²) >= 11 is 1.47. The number of thiazole rings is 1. The van der Waals surface area contributed by atoms with Gasteiger partial charge in [-0.2, -0.15) is 0 Å². The van der Waals surface area contributed by atoms with E-state index in [2.05, 4.69) is 4.98 Å². The highest BCUT2D eigenvalue weighted by atomic mass is 32.2. The molecular weight excluding hydrogens is 432 g/mol. The van der Waals surface area contributed by atoms with E-state index in [-0.39, 0.29) is 23.5 Å². The van der Waals surface area contributed by atoms with E-state index in [1.807, 2.05) is 61.5 Å². The van der Waals surface area contributed by atoms with Gasteiger partial charge in [0.15, 0.2) is 9.84 Å². The number of rotatable bonds is 6. The number of benzene rings is 2. The van der Waals surface area contributed by atoms with E-state index >= 15 is 0 Å². The number of aryl methyl sites for hydroxylation is 1. The van der Waals surface area contributed by atoms with Gasteiger partial charge in [-0.3, -0.25) is 4.79 Å². The van der Waals surface area contributed by atoms with Gasteiger partial charge in [0.25, 0.3) is 5.91 Å². The Labute approximate surface area is 186 Å². The van der Waals surface area contributed by atoms with Crippen LogP contribution in [0.25, 0.3) is 10.4 Å². The monoisotopic (exact) mass is 456 g/mol. The molecule has 6 nitrogen and oxygen atoms in total. The average Bonchev–Trinajstić information content (AvgIpc) is 3.34. The second-order valence-corrected chi connectivity index (χ2v) is 11.0. The normalized spacial score (nSPS) is 17.4. The summed E-state index contributed by atoms with van der Waals surface area (Å²) in [5.74, 6) is 0.581. The van der Waals surface area contributed by atoms with Crippen LogP contribution in [0.5, 0.6) is 5.75 Å². The Balaban J connectivity index is 1.70. The van der Waals surface area contributed by atoms with E-state index in [0.29, 0.717) is 18.7 Å². The van der Waals surface area contributed by atoms with Crippen molar-refractivity contribution in [3.8, 4) is 16.2 Å². The third kappa shape index (κ3) is 4.80. The summed E-state index contributed by atoms with van der Waals surface area (Å²) in [5, 5.41) is 0.797. The lowest BCUT2D eigenvalue weighted by Crippen LogP contribution is -2.41. The second kappa shape index (κ2) is 8.80. The first-order valence-electron chi connectivity index (χ1n) is 10.0. The molecule has 1 atom stereocenters. The molecule has 1 amide bonds. The first kappa shape index (κ1) is 21.5. The predicted molar refractivity (Wildman–Crippen MR) is 122 cm³/mol.